The fraction of sp³-hybridized carbons (Fsp3) is 0.474. The Morgan fingerprint density at radius 1 is 1.26 bits per heavy atom. The van der Waals surface area contributed by atoms with Crippen LogP contribution in [-0.2, 0) is 23.1 Å². The van der Waals surface area contributed by atoms with Crippen LogP contribution in [-0.4, -0.2) is 34.2 Å². The second-order valence-corrected chi connectivity index (χ2v) is 7.85. The summed E-state index contributed by atoms with van der Waals surface area (Å²) in [4.78, 5) is 4.50. The second-order valence-electron chi connectivity index (χ2n) is 6.27. The highest BCUT2D eigenvalue weighted by atomic mass is 127. The molecule has 0 aliphatic rings. The van der Waals surface area contributed by atoms with Crippen molar-refractivity contribution in [3.05, 3.63) is 53.4 Å². The number of guanidine groups is 1. The number of hydrogen-bond acceptors (Lipinski definition) is 4. The maximum Gasteiger partial charge on any atom is 0.191 e. The van der Waals surface area contributed by atoms with Crippen LogP contribution in [0.4, 0.5) is 0 Å². The molecule has 8 heteroatoms. The third kappa shape index (κ3) is 8.87. The molecule has 0 radical (unpaired) electrons. The van der Waals surface area contributed by atoms with Gasteiger partial charge < -0.3 is 15.2 Å². The van der Waals surface area contributed by atoms with E-state index < -0.39 is 10.8 Å². The van der Waals surface area contributed by atoms with Gasteiger partial charge in [0.1, 0.15) is 6.54 Å². The number of rotatable bonds is 9. The Labute approximate surface area is 181 Å². The molecule has 1 unspecified atom stereocenters. The van der Waals surface area contributed by atoms with Crippen molar-refractivity contribution in [2.45, 2.75) is 39.0 Å². The molecule has 2 rings (SSSR count). The molecule has 0 aliphatic heterocycles. The molecule has 2 N–H and O–H groups in total. The summed E-state index contributed by atoms with van der Waals surface area (Å²) in [5, 5.41) is 10.4. The maximum atomic E-state index is 12.2. The summed E-state index contributed by atoms with van der Waals surface area (Å²) in [7, 11) is -0.907. The van der Waals surface area contributed by atoms with Crippen molar-refractivity contribution in [1.29, 1.82) is 0 Å². The molecule has 27 heavy (non-hydrogen) atoms. The minimum atomic E-state index is -0.907. The highest BCUT2D eigenvalue weighted by molar-refractivity contribution is 14.0. The zero-order chi connectivity index (χ0) is 18.8. The molecule has 0 saturated heterocycles. The van der Waals surface area contributed by atoms with E-state index in [4.69, 9.17) is 4.52 Å². The SMILES string of the molecule is CCNC(=NCc1cc(C(C)C)no1)NCCS(=O)Cc1ccccc1.I. The highest BCUT2D eigenvalue weighted by Crippen LogP contribution is 2.14. The Bertz CT molecular complexity index is 720. The van der Waals surface area contributed by atoms with Gasteiger partial charge in [-0.15, -0.1) is 24.0 Å². The molecule has 1 aromatic carbocycles. The monoisotopic (exact) mass is 504 g/mol. The van der Waals surface area contributed by atoms with Crippen LogP contribution >= 0.6 is 24.0 Å². The Morgan fingerprint density at radius 3 is 2.63 bits per heavy atom. The van der Waals surface area contributed by atoms with E-state index >= 15 is 0 Å². The summed E-state index contributed by atoms with van der Waals surface area (Å²) in [6, 6.07) is 11.8. The van der Waals surface area contributed by atoms with Crippen molar-refractivity contribution in [3.63, 3.8) is 0 Å². The van der Waals surface area contributed by atoms with Crippen molar-refractivity contribution in [1.82, 2.24) is 15.8 Å². The molecular formula is C19H29IN4O2S. The highest BCUT2D eigenvalue weighted by Gasteiger charge is 2.08. The molecule has 0 bridgehead atoms. The van der Waals surface area contributed by atoms with Crippen LogP contribution in [0.1, 0.15) is 43.7 Å². The standard InChI is InChI=1S/C19H28N4O2S.HI/c1-4-20-19(22-13-17-12-18(15(2)3)23-25-17)21-10-11-26(24)14-16-8-6-5-7-9-16;/h5-9,12,15H,4,10-11,13-14H2,1-3H3,(H2,20,21,22);1H. The van der Waals surface area contributed by atoms with Crippen molar-refractivity contribution in [2.75, 3.05) is 18.8 Å². The lowest BCUT2D eigenvalue weighted by Gasteiger charge is -2.10. The first-order chi connectivity index (χ1) is 12.6. The first-order valence-electron chi connectivity index (χ1n) is 8.95. The molecule has 0 aliphatic carbocycles. The summed E-state index contributed by atoms with van der Waals surface area (Å²) in [6.45, 7) is 7.93. The third-order valence-electron chi connectivity index (χ3n) is 3.70. The lowest BCUT2D eigenvalue weighted by molar-refractivity contribution is 0.376. The fourth-order valence-corrected chi connectivity index (χ4v) is 3.33. The Balaban J connectivity index is 0.00000364. The number of benzene rings is 1. The number of halogens is 1. The van der Waals surface area contributed by atoms with E-state index in [0.717, 1.165) is 23.6 Å². The number of nitrogens with one attached hydrogen (secondary N) is 2. The van der Waals surface area contributed by atoms with Crippen LogP contribution < -0.4 is 10.6 Å². The second kappa shape index (κ2) is 12.9. The predicted octanol–water partition coefficient (Wildman–Crippen LogP) is 3.42. The zero-order valence-corrected chi connectivity index (χ0v) is 19.3. The van der Waals surface area contributed by atoms with E-state index in [1.165, 1.54) is 0 Å². The van der Waals surface area contributed by atoms with Gasteiger partial charge in [0.05, 0.1) is 5.69 Å². The first-order valence-corrected chi connectivity index (χ1v) is 10.4. The van der Waals surface area contributed by atoms with Crippen LogP contribution in [0.5, 0.6) is 0 Å². The lowest BCUT2D eigenvalue weighted by Crippen LogP contribution is -2.39. The van der Waals surface area contributed by atoms with Crippen LogP contribution in [0, 0.1) is 0 Å². The van der Waals surface area contributed by atoms with Crippen molar-refractivity contribution in [3.8, 4) is 0 Å². The number of nitrogens with zero attached hydrogens (tertiary/aromatic N) is 2. The van der Waals surface area contributed by atoms with Gasteiger partial charge in [0.15, 0.2) is 11.7 Å². The van der Waals surface area contributed by atoms with Gasteiger partial charge in [-0.1, -0.05) is 49.3 Å². The van der Waals surface area contributed by atoms with E-state index in [9.17, 15) is 4.21 Å². The topological polar surface area (TPSA) is 79.5 Å². The Kier molecular flexibility index (Phi) is 11.3. The van der Waals surface area contributed by atoms with Crippen LogP contribution in [0.2, 0.25) is 0 Å². The van der Waals surface area contributed by atoms with E-state index in [-0.39, 0.29) is 24.0 Å². The number of hydrogen-bond donors (Lipinski definition) is 2. The molecule has 2 aromatic rings. The number of aromatic nitrogens is 1. The van der Waals surface area contributed by atoms with Crippen molar-refractivity contribution in [2.24, 2.45) is 4.99 Å². The molecule has 0 saturated carbocycles. The Hall–Kier alpha value is -1.42. The molecule has 0 fully saturated rings. The van der Waals surface area contributed by atoms with Crippen molar-refractivity contribution >= 4 is 40.7 Å². The average Bonchev–Trinajstić information content (AvgIpc) is 3.10. The molecule has 6 nitrogen and oxygen atoms in total. The fourth-order valence-electron chi connectivity index (χ4n) is 2.29. The van der Waals surface area contributed by atoms with Gasteiger partial charge in [-0.3, -0.25) is 4.21 Å². The van der Waals surface area contributed by atoms with Crippen LogP contribution in [0.3, 0.4) is 0 Å². The molecule has 0 amide bonds. The quantitative estimate of drug-likeness (QED) is 0.311. The van der Waals surface area contributed by atoms with Gasteiger partial charge in [0.2, 0.25) is 0 Å². The van der Waals surface area contributed by atoms with E-state index in [2.05, 4.69) is 34.6 Å². The van der Waals surface area contributed by atoms with Crippen LogP contribution in [0.15, 0.2) is 45.9 Å². The average molecular weight is 504 g/mol. The minimum Gasteiger partial charge on any atom is -0.359 e. The normalized spacial score (nSPS) is 12.5. The van der Waals surface area contributed by atoms with E-state index in [1.54, 1.807) is 0 Å². The van der Waals surface area contributed by atoms with Gasteiger partial charge in [-0.25, -0.2) is 4.99 Å². The molecule has 1 atom stereocenters. The first kappa shape index (κ1) is 23.6. The smallest absolute Gasteiger partial charge is 0.191 e. The maximum absolute atomic E-state index is 12.2. The molecule has 1 heterocycles. The largest absolute Gasteiger partial charge is 0.359 e. The summed E-state index contributed by atoms with van der Waals surface area (Å²) in [5.74, 6) is 2.90. The predicted molar refractivity (Wildman–Crippen MR) is 122 cm³/mol. The van der Waals surface area contributed by atoms with Gasteiger partial charge >= 0.3 is 0 Å². The van der Waals surface area contributed by atoms with E-state index in [0.29, 0.717) is 36.5 Å². The van der Waals surface area contributed by atoms with Gasteiger partial charge in [0, 0.05) is 41.5 Å². The van der Waals surface area contributed by atoms with E-state index in [1.807, 2.05) is 43.3 Å². The summed E-state index contributed by atoms with van der Waals surface area (Å²) >= 11 is 0. The summed E-state index contributed by atoms with van der Waals surface area (Å²) in [5.41, 5.74) is 2.03. The van der Waals surface area contributed by atoms with Crippen LogP contribution in [0.25, 0.3) is 0 Å². The summed E-state index contributed by atoms with van der Waals surface area (Å²) in [6.07, 6.45) is 0. The molecular weight excluding hydrogens is 475 g/mol. The van der Waals surface area contributed by atoms with Crippen molar-refractivity contribution < 1.29 is 8.73 Å². The van der Waals surface area contributed by atoms with Gasteiger partial charge in [0.25, 0.3) is 0 Å². The third-order valence-corrected chi connectivity index (χ3v) is 5.01. The molecule has 0 spiro atoms. The molecule has 150 valence electrons. The molecule has 1 aromatic heterocycles. The van der Waals surface area contributed by atoms with Gasteiger partial charge in [-0.2, -0.15) is 0 Å². The minimum absolute atomic E-state index is 0. The number of aliphatic imine (C=N–C) groups is 1. The zero-order valence-electron chi connectivity index (χ0n) is 16.1. The van der Waals surface area contributed by atoms with Gasteiger partial charge in [-0.05, 0) is 18.4 Å². The summed E-state index contributed by atoms with van der Waals surface area (Å²) < 4.78 is 17.5. The Morgan fingerprint density at radius 2 is 2.00 bits per heavy atom. The lowest BCUT2D eigenvalue weighted by atomic mass is 10.1.